The third kappa shape index (κ3) is 4.02. The van der Waals surface area contributed by atoms with Crippen molar-refractivity contribution in [2.24, 2.45) is 0 Å². The van der Waals surface area contributed by atoms with Crippen molar-refractivity contribution in [3.63, 3.8) is 0 Å². The minimum absolute atomic E-state index is 0.193. The molecule has 1 N–H and O–H groups in total. The van der Waals surface area contributed by atoms with Crippen LogP contribution >= 0.6 is 11.6 Å². The number of aromatic nitrogens is 3. The van der Waals surface area contributed by atoms with Crippen LogP contribution in [0, 0.1) is 0 Å². The van der Waals surface area contributed by atoms with Crippen LogP contribution in [0.5, 0.6) is 0 Å². The Morgan fingerprint density at radius 1 is 1.31 bits per heavy atom. The second-order valence-corrected chi connectivity index (χ2v) is 4.12. The maximum Gasteiger partial charge on any atom is 0.230 e. The fourth-order valence-corrected chi connectivity index (χ4v) is 1.12. The summed E-state index contributed by atoms with van der Waals surface area (Å²) in [6.07, 6.45) is 2.05. The molecule has 5 nitrogen and oxygen atoms in total. The van der Waals surface area contributed by atoms with E-state index in [-0.39, 0.29) is 5.28 Å². The fourth-order valence-electron chi connectivity index (χ4n) is 0.965. The minimum atomic E-state index is 0.193. The second-order valence-electron chi connectivity index (χ2n) is 3.78. The van der Waals surface area contributed by atoms with Gasteiger partial charge in [-0.05, 0) is 25.4 Å². The Balaban J connectivity index is 2.76. The van der Waals surface area contributed by atoms with Gasteiger partial charge < -0.3 is 10.2 Å². The third-order valence-electron chi connectivity index (χ3n) is 1.77. The van der Waals surface area contributed by atoms with Crippen LogP contribution < -0.4 is 10.2 Å². The quantitative estimate of drug-likeness (QED) is 0.817. The van der Waals surface area contributed by atoms with Gasteiger partial charge in [-0.1, -0.05) is 11.6 Å². The van der Waals surface area contributed by atoms with Gasteiger partial charge in [-0.15, -0.1) is 0 Å². The Morgan fingerprint density at radius 3 is 2.56 bits per heavy atom. The molecule has 0 saturated heterocycles. The molecule has 6 heteroatoms. The SMILES string of the molecule is CC(C)=CCNc1nc(Cl)nc(N(C)C)n1. The van der Waals surface area contributed by atoms with Crippen LogP contribution in [0.25, 0.3) is 0 Å². The highest BCUT2D eigenvalue weighted by Gasteiger charge is 2.05. The molecule has 16 heavy (non-hydrogen) atoms. The molecule has 0 aliphatic rings. The molecule has 1 aromatic rings. The lowest BCUT2D eigenvalue weighted by Gasteiger charge is -2.11. The van der Waals surface area contributed by atoms with Crippen LogP contribution in [0.1, 0.15) is 13.8 Å². The Hall–Kier alpha value is -1.36. The number of hydrogen-bond acceptors (Lipinski definition) is 5. The molecule has 0 aliphatic carbocycles. The van der Waals surface area contributed by atoms with Gasteiger partial charge in [-0.2, -0.15) is 15.0 Å². The monoisotopic (exact) mass is 241 g/mol. The smallest absolute Gasteiger partial charge is 0.230 e. The highest BCUT2D eigenvalue weighted by atomic mass is 35.5. The molecule has 1 heterocycles. The molecule has 1 rings (SSSR count). The predicted octanol–water partition coefficient (Wildman–Crippen LogP) is 1.97. The van der Waals surface area contributed by atoms with Crippen molar-refractivity contribution in [3.05, 3.63) is 16.9 Å². The van der Waals surface area contributed by atoms with Crippen LogP contribution in [0.15, 0.2) is 11.6 Å². The van der Waals surface area contributed by atoms with E-state index >= 15 is 0 Å². The highest BCUT2D eigenvalue weighted by molar-refractivity contribution is 6.28. The van der Waals surface area contributed by atoms with Crippen LogP contribution in [0.3, 0.4) is 0 Å². The molecular weight excluding hydrogens is 226 g/mol. The maximum absolute atomic E-state index is 5.79. The summed E-state index contributed by atoms with van der Waals surface area (Å²) in [4.78, 5) is 14.0. The van der Waals surface area contributed by atoms with E-state index in [0.29, 0.717) is 18.4 Å². The molecule has 0 amide bonds. The predicted molar refractivity (Wildman–Crippen MR) is 67.1 cm³/mol. The van der Waals surface area contributed by atoms with E-state index in [4.69, 9.17) is 11.6 Å². The first-order valence-electron chi connectivity index (χ1n) is 4.95. The van der Waals surface area contributed by atoms with Crippen molar-refractivity contribution in [1.82, 2.24) is 15.0 Å². The topological polar surface area (TPSA) is 53.9 Å². The zero-order chi connectivity index (χ0) is 12.1. The molecule has 0 atom stereocenters. The highest BCUT2D eigenvalue weighted by Crippen LogP contribution is 2.11. The van der Waals surface area contributed by atoms with Gasteiger partial charge in [0.05, 0.1) is 0 Å². The summed E-state index contributed by atoms with van der Waals surface area (Å²) in [6, 6.07) is 0. The van der Waals surface area contributed by atoms with Gasteiger partial charge in [0, 0.05) is 20.6 Å². The van der Waals surface area contributed by atoms with Gasteiger partial charge in [-0.25, -0.2) is 0 Å². The summed E-state index contributed by atoms with van der Waals surface area (Å²) in [7, 11) is 3.71. The van der Waals surface area contributed by atoms with Gasteiger partial charge in [0.2, 0.25) is 17.2 Å². The zero-order valence-corrected chi connectivity index (χ0v) is 10.7. The van der Waals surface area contributed by atoms with Gasteiger partial charge in [-0.3, -0.25) is 0 Å². The lowest BCUT2D eigenvalue weighted by Crippen LogP contribution is -2.15. The molecule has 1 aromatic heterocycles. The Labute approximate surface area is 101 Å². The zero-order valence-electron chi connectivity index (χ0n) is 9.95. The van der Waals surface area contributed by atoms with Crippen LogP contribution in [-0.2, 0) is 0 Å². The van der Waals surface area contributed by atoms with Crippen molar-refractivity contribution in [1.29, 1.82) is 0 Å². The molecule has 0 bridgehead atoms. The largest absolute Gasteiger partial charge is 0.351 e. The number of allylic oxidation sites excluding steroid dienone is 1. The van der Waals surface area contributed by atoms with Gasteiger partial charge in [0.15, 0.2) is 0 Å². The molecule has 0 fully saturated rings. The van der Waals surface area contributed by atoms with Gasteiger partial charge >= 0.3 is 0 Å². The first-order chi connectivity index (χ1) is 7.49. The first-order valence-corrected chi connectivity index (χ1v) is 5.33. The van der Waals surface area contributed by atoms with Crippen molar-refractivity contribution >= 4 is 23.5 Å². The number of rotatable bonds is 4. The maximum atomic E-state index is 5.79. The molecular formula is C10H16ClN5. The van der Waals surface area contributed by atoms with Crippen molar-refractivity contribution in [2.75, 3.05) is 30.9 Å². The summed E-state index contributed by atoms with van der Waals surface area (Å²) in [5.41, 5.74) is 1.24. The average molecular weight is 242 g/mol. The van der Waals surface area contributed by atoms with Crippen molar-refractivity contribution in [3.8, 4) is 0 Å². The Kier molecular flexibility index (Phi) is 4.49. The molecule has 0 saturated carbocycles. The number of nitrogens with one attached hydrogen (secondary N) is 1. The standard InChI is InChI=1S/C10H16ClN5/c1-7(2)5-6-12-9-13-8(11)14-10(15-9)16(3)4/h5H,6H2,1-4H3,(H,12,13,14,15). The second kappa shape index (κ2) is 5.65. The van der Waals surface area contributed by atoms with E-state index < -0.39 is 0 Å². The van der Waals surface area contributed by atoms with Gasteiger partial charge in [0.1, 0.15) is 0 Å². The number of hydrogen-bond donors (Lipinski definition) is 1. The third-order valence-corrected chi connectivity index (χ3v) is 1.94. The summed E-state index contributed by atoms with van der Waals surface area (Å²) in [5, 5.41) is 3.26. The van der Waals surface area contributed by atoms with Crippen LogP contribution in [-0.4, -0.2) is 35.6 Å². The molecule has 88 valence electrons. The number of anilines is 2. The Bertz CT molecular complexity index is 385. The van der Waals surface area contributed by atoms with Crippen molar-refractivity contribution in [2.45, 2.75) is 13.8 Å². The fraction of sp³-hybridized carbons (Fsp3) is 0.500. The molecule has 0 unspecified atom stereocenters. The summed E-state index contributed by atoms with van der Waals surface area (Å²) < 4.78 is 0. The normalized spacial score (nSPS) is 9.81. The molecule has 0 aliphatic heterocycles. The number of halogens is 1. The number of nitrogens with zero attached hydrogens (tertiary/aromatic N) is 4. The Morgan fingerprint density at radius 2 is 2.00 bits per heavy atom. The van der Waals surface area contributed by atoms with E-state index in [9.17, 15) is 0 Å². The van der Waals surface area contributed by atoms with Crippen LogP contribution in [0.4, 0.5) is 11.9 Å². The van der Waals surface area contributed by atoms with E-state index in [0.717, 1.165) is 0 Å². The van der Waals surface area contributed by atoms with E-state index in [1.54, 1.807) is 4.90 Å². The van der Waals surface area contributed by atoms with Gasteiger partial charge in [0.25, 0.3) is 0 Å². The lowest BCUT2D eigenvalue weighted by molar-refractivity contribution is 0.953. The first kappa shape index (κ1) is 12.7. The van der Waals surface area contributed by atoms with E-state index in [2.05, 4.69) is 20.3 Å². The van der Waals surface area contributed by atoms with E-state index in [1.165, 1.54) is 5.57 Å². The molecule has 0 spiro atoms. The molecule has 0 radical (unpaired) electrons. The molecule has 0 aromatic carbocycles. The average Bonchev–Trinajstić information content (AvgIpc) is 2.16. The summed E-state index contributed by atoms with van der Waals surface area (Å²) >= 11 is 5.79. The lowest BCUT2D eigenvalue weighted by atomic mass is 10.3. The van der Waals surface area contributed by atoms with Crippen LogP contribution in [0.2, 0.25) is 5.28 Å². The minimum Gasteiger partial charge on any atom is -0.351 e. The summed E-state index contributed by atoms with van der Waals surface area (Å²) in [5.74, 6) is 1.03. The van der Waals surface area contributed by atoms with Crippen molar-refractivity contribution < 1.29 is 0 Å². The van der Waals surface area contributed by atoms with E-state index in [1.807, 2.05) is 34.0 Å². The summed E-state index contributed by atoms with van der Waals surface area (Å²) in [6.45, 7) is 4.75.